The molecule has 3 heteroatoms. The first-order valence-corrected chi connectivity index (χ1v) is 4.98. The van der Waals surface area contributed by atoms with Gasteiger partial charge in [-0.05, 0) is 18.1 Å². The minimum absolute atomic E-state index is 0.00728. The van der Waals surface area contributed by atoms with Crippen molar-refractivity contribution in [1.29, 1.82) is 0 Å². The summed E-state index contributed by atoms with van der Waals surface area (Å²) in [6.07, 6.45) is 0.748. The Kier molecular flexibility index (Phi) is 3.76. The van der Waals surface area contributed by atoms with Crippen molar-refractivity contribution in [3.05, 3.63) is 34.3 Å². The number of carbonyl (C=O) groups excluding carboxylic acids is 1. The summed E-state index contributed by atoms with van der Waals surface area (Å²) in [7, 11) is 0. The van der Waals surface area contributed by atoms with Crippen molar-refractivity contribution < 1.29 is 4.79 Å². The number of hydrogen-bond acceptors (Lipinski definition) is 1. The van der Waals surface area contributed by atoms with Crippen LogP contribution < -0.4 is 0 Å². The van der Waals surface area contributed by atoms with Crippen LogP contribution in [0.25, 0.3) is 0 Å². The highest BCUT2D eigenvalue weighted by atomic mass is 35.5. The summed E-state index contributed by atoms with van der Waals surface area (Å²) < 4.78 is 0. The standard InChI is InChI=1S/C10H10Cl2O/c1-2-7-8(10(13)6-11)4-3-5-9(7)12/h3-5H,2,6H2,1H3. The van der Waals surface area contributed by atoms with E-state index >= 15 is 0 Å². The smallest absolute Gasteiger partial charge is 0.177 e. The van der Waals surface area contributed by atoms with Crippen LogP contribution in [0.4, 0.5) is 0 Å². The minimum atomic E-state index is -0.0685. The third-order valence-electron chi connectivity index (χ3n) is 1.89. The largest absolute Gasteiger partial charge is 0.293 e. The Balaban J connectivity index is 3.20. The highest BCUT2D eigenvalue weighted by Crippen LogP contribution is 2.21. The van der Waals surface area contributed by atoms with Gasteiger partial charge in [0.25, 0.3) is 0 Å². The van der Waals surface area contributed by atoms with Gasteiger partial charge in [0.15, 0.2) is 5.78 Å². The van der Waals surface area contributed by atoms with Crippen LogP contribution in [0.15, 0.2) is 18.2 Å². The fourth-order valence-electron chi connectivity index (χ4n) is 1.25. The van der Waals surface area contributed by atoms with Gasteiger partial charge in [-0.2, -0.15) is 0 Å². The fraction of sp³-hybridized carbons (Fsp3) is 0.300. The second kappa shape index (κ2) is 4.64. The average molecular weight is 217 g/mol. The van der Waals surface area contributed by atoms with Crippen molar-refractivity contribution in [1.82, 2.24) is 0 Å². The number of alkyl halides is 1. The maximum Gasteiger partial charge on any atom is 0.177 e. The van der Waals surface area contributed by atoms with E-state index in [1.165, 1.54) is 0 Å². The van der Waals surface area contributed by atoms with Crippen LogP contribution in [0.1, 0.15) is 22.8 Å². The molecule has 0 N–H and O–H groups in total. The Labute approximate surface area is 87.7 Å². The number of ketones is 1. The summed E-state index contributed by atoms with van der Waals surface area (Å²) in [6.45, 7) is 1.96. The second-order valence-corrected chi connectivity index (χ2v) is 3.35. The molecule has 0 unspecified atom stereocenters. The monoisotopic (exact) mass is 216 g/mol. The predicted octanol–water partition coefficient (Wildman–Crippen LogP) is 3.32. The van der Waals surface area contributed by atoms with Gasteiger partial charge in [0, 0.05) is 10.6 Å². The normalized spacial score (nSPS) is 10.1. The summed E-state index contributed by atoms with van der Waals surface area (Å²) in [6, 6.07) is 5.31. The average Bonchev–Trinajstić information content (AvgIpc) is 2.16. The van der Waals surface area contributed by atoms with Crippen molar-refractivity contribution >= 4 is 29.0 Å². The van der Waals surface area contributed by atoms with Crippen LogP contribution in [-0.4, -0.2) is 11.7 Å². The first-order valence-electron chi connectivity index (χ1n) is 4.07. The Morgan fingerprint density at radius 3 is 2.69 bits per heavy atom. The number of Topliss-reactive ketones (excluding diaryl/α,β-unsaturated/α-hetero) is 1. The van der Waals surface area contributed by atoms with Gasteiger partial charge < -0.3 is 0 Å². The lowest BCUT2D eigenvalue weighted by Crippen LogP contribution is -2.04. The summed E-state index contributed by atoms with van der Waals surface area (Å²) >= 11 is 11.4. The Morgan fingerprint density at radius 2 is 2.15 bits per heavy atom. The van der Waals surface area contributed by atoms with Crippen molar-refractivity contribution in [3.63, 3.8) is 0 Å². The van der Waals surface area contributed by atoms with Gasteiger partial charge in [-0.3, -0.25) is 4.79 Å². The van der Waals surface area contributed by atoms with E-state index in [0.29, 0.717) is 10.6 Å². The quantitative estimate of drug-likeness (QED) is 0.560. The van der Waals surface area contributed by atoms with E-state index in [1.807, 2.05) is 6.92 Å². The molecule has 0 fully saturated rings. The second-order valence-electron chi connectivity index (χ2n) is 2.68. The van der Waals surface area contributed by atoms with E-state index in [9.17, 15) is 4.79 Å². The third-order valence-corrected chi connectivity index (χ3v) is 2.49. The van der Waals surface area contributed by atoms with Gasteiger partial charge in [0.05, 0.1) is 5.88 Å². The van der Waals surface area contributed by atoms with Crippen LogP contribution in [0.5, 0.6) is 0 Å². The summed E-state index contributed by atoms with van der Waals surface area (Å²) in [5.74, 6) is -0.0612. The maximum atomic E-state index is 11.4. The molecule has 13 heavy (non-hydrogen) atoms. The number of halogens is 2. The molecule has 0 saturated heterocycles. The van der Waals surface area contributed by atoms with Crippen LogP contribution >= 0.6 is 23.2 Å². The van der Waals surface area contributed by atoms with Gasteiger partial charge in [-0.1, -0.05) is 30.7 Å². The van der Waals surface area contributed by atoms with E-state index in [2.05, 4.69) is 0 Å². The fourth-order valence-corrected chi connectivity index (χ4v) is 1.70. The number of benzene rings is 1. The third kappa shape index (κ3) is 2.23. The molecule has 0 amide bonds. The zero-order valence-electron chi connectivity index (χ0n) is 7.31. The molecule has 70 valence electrons. The maximum absolute atomic E-state index is 11.4. The van der Waals surface area contributed by atoms with E-state index in [4.69, 9.17) is 23.2 Å². The Hall–Kier alpha value is -0.530. The molecule has 0 aliphatic carbocycles. The van der Waals surface area contributed by atoms with Gasteiger partial charge >= 0.3 is 0 Å². The van der Waals surface area contributed by atoms with Crippen LogP contribution in [0.2, 0.25) is 5.02 Å². The van der Waals surface area contributed by atoms with Crippen molar-refractivity contribution in [2.45, 2.75) is 13.3 Å². The van der Waals surface area contributed by atoms with E-state index in [-0.39, 0.29) is 11.7 Å². The summed E-state index contributed by atoms with van der Waals surface area (Å²) in [4.78, 5) is 11.4. The highest BCUT2D eigenvalue weighted by Gasteiger charge is 2.10. The van der Waals surface area contributed by atoms with E-state index < -0.39 is 0 Å². The molecular weight excluding hydrogens is 207 g/mol. The zero-order valence-corrected chi connectivity index (χ0v) is 8.82. The molecule has 0 saturated carbocycles. The van der Waals surface area contributed by atoms with E-state index in [0.717, 1.165) is 12.0 Å². The molecular formula is C10H10Cl2O. The van der Waals surface area contributed by atoms with Crippen molar-refractivity contribution in [2.75, 3.05) is 5.88 Å². The lowest BCUT2D eigenvalue weighted by atomic mass is 10.0. The molecule has 1 nitrogen and oxygen atoms in total. The lowest BCUT2D eigenvalue weighted by Gasteiger charge is -2.06. The number of rotatable bonds is 3. The number of carbonyl (C=O) groups is 1. The molecule has 0 heterocycles. The van der Waals surface area contributed by atoms with Gasteiger partial charge in [0.1, 0.15) is 0 Å². The van der Waals surface area contributed by atoms with Crippen LogP contribution in [0, 0.1) is 0 Å². The van der Waals surface area contributed by atoms with Crippen LogP contribution in [0.3, 0.4) is 0 Å². The lowest BCUT2D eigenvalue weighted by molar-refractivity contribution is 0.102. The molecule has 0 bridgehead atoms. The molecule has 0 radical (unpaired) electrons. The molecule has 1 aromatic rings. The van der Waals surface area contributed by atoms with Crippen molar-refractivity contribution in [2.24, 2.45) is 0 Å². The zero-order chi connectivity index (χ0) is 9.84. The topological polar surface area (TPSA) is 17.1 Å². The molecule has 1 rings (SSSR count). The Morgan fingerprint density at radius 1 is 1.46 bits per heavy atom. The minimum Gasteiger partial charge on any atom is -0.293 e. The molecule has 0 aliphatic heterocycles. The van der Waals surface area contributed by atoms with Gasteiger partial charge in [0.2, 0.25) is 0 Å². The summed E-state index contributed by atoms with van der Waals surface area (Å²) in [5.41, 5.74) is 1.53. The molecule has 0 atom stereocenters. The molecule has 0 spiro atoms. The predicted molar refractivity (Wildman–Crippen MR) is 55.9 cm³/mol. The molecule has 0 aliphatic rings. The summed E-state index contributed by atoms with van der Waals surface area (Å²) in [5, 5.41) is 0.637. The highest BCUT2D eigenvalue weighted by molar-refractivity contribution is 6.33. The Bertz CT molecular complexity index is 321. The van der Waals surface area contributed by atoms with Crippen LogP contribution in [-0.2, 0) is 6.42 Å². The van der Waals surface area contributed by atoms with E-state index in [1.54, 1.807) is 18.2 Å². The first-order chi connectivity index (χ1) is 6.20. The first kappa shape index (κ1) is 10.6. The SMILES string of the molecule is CCc1c(Cl)cccc1C(=O)CCl. The molecule has 1 aromatic carbocycles. The van der Waals surface area contributed by atoms with Crippen molar-refractivity contribution in [3.8, 4) is 0 Å². The number of hydrogen-bond donors (Lipinski definition) is 0. The van der Waals surface area contributed by atoms with Gasteiger partial charge in [-0.25, -0.2) is 0 Å². The molecule has 0 aromatic heterocycles. The van der Waals surface area contributed by atoms with Gasteiger partial charge in [-0.15, -0.1) is 11.6 Å².